The Labute approximate surface area is 159 Å². The van der Waals surface area contributed by atoms with Crippen molar-refractivity contribution in [1.29, 1.82) is 0 Å². The minimum atomic E-state index is -0.200. The first kappa shape index (κ1) is 19.9. The molecule has 0 heterocycles. The third-order valence-corrected chi connectivity index (χ3v) is 3.89. The van der Waals surface area contributed by atoms with Crippen molar-refractivity contribution < 1.29 is 9.59 Å². The highest BCUT2D eigenvalue weighted by molar-refractivity contribution is 6.31. The third-order valence-electron chi connectivity index (χ3n) is 3.66. The van der Waals surface area contributed by atoms with E-state index in [4.69, 9.17) is 11.6 Å². The maximum absolute atomic E-state index is 12.4. The molecule has 2 N–H and O–H groups in total. The molecule has 0 unspecified atom stereocenters. The molecule has 0 bridgehead atoms. The lowest BCUT2D eigenvalue weighted by Gasteiger charge is -2.20. The molecule has 0 radical (unpaired) electrons. The van der Waals surface area contributed by atoms with E-state index in [1.807, 2.05) is 50.1 Å². The Balaban J connectivity index is 2.09. The summed E-state index contributed by atoms with van der Waals surface area (Å²) in [6.45, 7) is 4.63. The lowest BCUT2D eigenvalue weighted by atomic mass is 10.1. The first-order valence-corrected chi connectivity index (χ1v) is 8.85. The van der Waals surface area contributed by atoms with Crippen LogP contribution in [0.4, 0.5) is 5.69 Å². The average molecular weight is 374 g/mol. The molecule has 26 heavy (non-hydrogen) atoms. The van der Waals surface area contributed by atoms with Crippen molar-refractivity contribution in [3.63, 3.8) is 0 Å². The van der Waals surface area contributed by atoms with Crippen LogP contribution in [-0.2, 0) is 11.3 Å². The van der Waals surface area contributed by atoms with Crippen molar-refractivity contribution in [1.82, 2.24) is 10.2 Å². The number of amides is 2. The van der Waals surface area contributed by atoms with E-state index >= 15 is 0 Å². The summed E-state index contributed by atoms with van der Waals surface area (Å²) < 4.78 is 0. The van der Waals surface area contributed by atoms with Gasteiger partial charge in [-0.05, 0) is 50.7 Å². The van der Waals surface area contributed by atoms with Crippen LogP contribution in [0.5, 0.6) is 0 Å². The Bertz CT molecular complexity index is 763. The monoisotopic (exact) mass is 373 g/mol. The molecule has 2 amide bonds. The number of nitrogens with zero attached hydrogens (tertiary/aromatic N) is 1. The number of hydrogen-bond acceptors (Lipinski definition) is 3. The molecule has 0 spiro atoms. The molecule has 0 saturated heterocycles. The van der Waals surface area contributed by atoms with Gasteiger partial charge in [-0.3, -0.25) is 14.5 Å². The Kier molecular flexibility index (Phi) is 7.18. The molecule has 0 aliphatic carbocycles. The lowest BCUT2D eigenvalue weighted by molar-refractivity contribution is -0.122. The van der Waals surface area contributed by atoms with Crippen LogP contribution in [0.25, 0.3) is 0 Å². The Morgan fingerprint density at radius 1 is 1.12 bits per heavy atom. The Morgan fingerprint density at radius 3 is 2.46 bits per heavy atom. The summed E-state index contributed by atoms with van der Waals surface area (Å²) in [7, 11) is 1.86. The molecule has 5 nitrogen and oxygen atoms in total. The lowest BCUT2D eigenvalue weighted by Crippen LogP contribution is -2.38. The van der Waals surface area contributed by atoms with Gasteiger partial charge in [-0.1, -0.05) is 35.9 Å². The highest BCUT2D eigenvalue weighted by Gasteiger charge is 2.13. The normalized spacial score (nSPS) is 10.8. The van der Waals surface area contributed by atoms with Gasteiger partial charge in [-0.15, -0.1) is 0 Å². The van der Waals surface area contributed by atoms with Crippen molar-refractivity contribution in [2.45, 2.75) is 26.4 Å². The van der Waals surface area contributed by atoms with E-state index in [0.29, 0.717) is 22.8 Å². The first-order valence-electron chi connectivity index (χ1n) is 8.48. The number of carbonyl (C=O) groups excluding carboxylic acids is 2. The third kappa shape index (κ3) is 6.17. The fourth-order valence-corrected chi connectivity index (χ4v) is 2.72. The molecule has 0 fully saturated rings. The number of nitrogens with one attached hydrogen (secondary N) is 2. The maximum Gasteiger partial charge on any atom is 0.255 e. The van der Waals surface area contributed by atoms with E-state index < -0.39 is 0 Å². The van der Waals surface area contributed by atoms with Crippen molar-refractivity contribution >= 4 is 29.1 Å². The van der Waals surface area contributed by atoms with Crippen molar-refractivity contribution in [3.05, 3.63) is 64.7 Å². The van der Waals surface area contributed by atoms with Crippen LogP contribution in [0.2, 0.25) is 5.02 Å². The van der Waals surface area contributed by atoms with Crippen LogP contribution in [0, 0.1) is 0 Å². The van der Waals surface area contributed by atoms with Crippen molar-refractivity contribution in [3.8, 4) is 0 Å². The highest BCUT2D eigenvalue weighted by Crippen LogP contribution is 2.23. The van der Waals surface area contributed by atoms with Crippen LogP contribution < -0.4 is 10.6 Å². The molecular weight excluding hydrogens is 350 g/mol. The molecule has 0 atom stereocenters. The highest BCUT2D eigenvalue weighted by atomic mass is 35.5. The molecule has 2 aromatic carbocycles. The second kappa shape index (κ2) is 9.36. The minimum absolute atomic E-state index is 0.0358. The molecule has 2 rings (SSSR count). The van der Waals surface area contributed by atoms with Crippen molar-refractivity contribution in [2.75, 3.05) is 18.9 Å². The molecular formula is C20H24ClN3O2. The second-order valence-electron chi connectivity index (χ2n) is 6.52. The van der Waals surface area contributed by atoms with Crippen LogP contribution in [0.3, 0.4) is 0 Å². The number of carbonyl (C=O) groups is 2. The quantitative estimate of drug-likeness (QED) is 0.780. The molecule has 0 saturated carbocycles. The summed E-state index contributed by atoms with van der Waals surface area (Å²) in [5.41, 5.74) is 2.10. The van der Waals surface area contributed by atoms with E-state index in [2.05, 4.69) is 10.6 Å². The molecule has 2 aromatic rings. The topological polar surface area (TPSA) is 61.4 Å². The number of anilines is 1. The van der Waals surface area contributed by atoms with E-state index in [1.165, 1.54) is 0 Å². The largest absolute Gasteiger partial charge is 0.353 e. The molecule has 0 aliphatic rings. The second-order valence-corrected chi connectivity index (χ2v) is 6.95. The maximum atomic E-state index is 12.4. The minimum Gasteiger partial charge on any atom is -0.353 e. The summed E-state index contributed by atoms with van der Waals surface area (Å²) in [6.07, 6.45) is 0. The Morgan fingerprint density at radius 2 is 1.81 bits per heavy atom. The zero-order chi connectivity index (χ0) is 19.1. The summed E-state index contributed by atoms with van der Waals surface area (Å²) in [4.78, 5) is 26.2. The van der Waals surface area contributed by atoms with E-state index in [0.717, 1.165) is 5.56 Å². The number of hydrogen-bond donors (Lipinski definition) is 2. The Hall–Kier alpha value is -2.37. The van der Waals surface area contributed by atoms with Gasteiger partial charge in [0.05, 0.1) is 6.54 Å². The van der Waals surface area contributed by atoms with Gasteiger partial charge in [0.2, 0.25) is 5.91 Å². The summed E-state index contributed by atoms with van der Waals surface area (Å²) >= 11 is 6.10. The zero-order valence-electron chi connectivity index (χ0n) is 15.3. The predicted octanol–water partition coefficient (Wildman–Crippen LogP) is 3.55. The van der Waals surface area contributed by atoms with Gasteiger partial charge >= 0.3 is 0 Å². The number of rotatable bonds is 7. The molecule has 138 valence electrons. The van der Waals surface area contributed by atoms with Crippen LogP contribution >= 0.6 is 11.6 Å². The standard InChI is InChI=1S/C20H24ClN3O2/c1-14(2)22-19(25)13-24(3)12-16-9-10-17(21)11-18(16)23-20(26)15-7-5-4-6-8-15/h4-11,14H,12-13H2,1-3H3,(H,22,25)(H,23,26). The SMILES string of the molecule is CC(C)NC(=O)CN(C)Cc1ccc(Cl)cc1NC(=O)c1ccccc1. The van der Waals surface area contributed by atoms with Gasteiger partial charge in [0.15, 0.2) is 0 Å². The number of halogens is 1. The average Bonchev–Trinajstić information content (AvgIpc) is 2.57. The molecule has 0 aromatic heterocycles. The van der Waals surface area contributed by atoms with Crippen LogP contribution in [-0.4, -0.2) is 36.3 Å². The summed E-state index contributed by atoms with van der Waals surface area (Å²) in [6, 6.07) is 14.5. The van der Waals surface area contributed by atoms with E-state index in [-0.39, 0.29) is 24.4 Å². The molecule has 0 aliphatic heterocycles. The van der Waals surface area contributed by atoms with Crippen molar-refractivity contribution in [2.24, 2.45) is 0 Å². The van der Waals surface area contributed by atoms with Gasteiger partial charge in [-0.25, -0.2) is 0 Å². The smallest absolute Gasteiger partial charge is 0.255 e. The van der Waals surface area contributed by atoms with Gasteiger partial charge in [0, 0.05) is 28.9 Å². The first-order chi connectivity index (χ1) is 12.3. The number of benzene rings is 2. The van der Waals surface area contributed by atoms with Crippen LogP contribution in [0.1, 0.15) is 29.8 Å². The van der Waals surface area contributed by atoms with Crippen LogP contribution in [0.15, 0.2) is 48.5 Å². The van der Waals surface area contributed by atoms with Gasteiger partial charge in [0.1, 0.15) is 0 Å². The summed E-state index contributed by atoms with van der Waals surface area (Å²) in [5.74, 6) is -0.236. The predicted molar refractivity (Wildman–Crippen MR) is 105 cm³/mol. The number of likely N-dealkylation sites (N-methyl/N-ethyl adjacent to an activating group) is 1. The fraction of sp³-hybridized carbons (Fsp3) is 0.300. The van der Waals surface area contributed by atoms with E-state index in [1.54, 1.807) is 24.3 Å². The van der Waals surface area contributed by atoms with Gasteiger partial charge in [0.25, 0.3) is 5.91 Å². The van der Waals surface area contributed by atoms with Gasteiger partial charge < -0.3 is 10.6 Å². The van der Waals surface area contributed by atoms with E-state index in [9.17, 15) is 9.59 Å². The zero-order valence-corrected chi connectivity index (χ0v) is 16.0. The summed E-state index contributed by atoms with van der Waals surface area (Å²) in [5, 5.41) is 6.31. The molecule has 6 heteroatoms. The fourth-order valence-electron chi connectivity index (χ4n) is 2.55. The van der Waals surface area contributed by atoms with Gasteiger partial charge in [-0.2, -0.15) is 0 Å².